The minimum atomic E-state index is -0.221. The molecule has 7 aromatic rings. The van der Waals surface area contributed by atoms with E-state index in [0.717, 1.165) is 25.7 Å². The number of aliphatic hydroxyl groups is 2. The van der Waals surface area contributed by atoms with Crippen molar-refractivity contribution >= 4 is 10.8 Å². The normalized spacial score (nSPS) is 14.9. The Morgan fingerprint density at radius 1 is 0.404 bits per heavy atom. The molecule has 0 spiro atoms. The first-order chi connectivity index (χ1) is 25.4. The van der Waals surface area contributed by atoms with Gasteiger partial charge in [-0.3, -0.25) is 0 Å². The Bertz CT molecular complexity index is 2550. The van der Waals surface area contributed by atoms with Crippen molar-refractivity contribution in [1.82, 2.24) is 0 Å². The first-order valence-corrected chi connectivity index (χ1v) is 18.9. The summed E-state index contributed by atoms with van der Waals surface area (Å²) in [5.41, 5.74) is 20.5. The molecule has 0 unspecified atom stereocenters. The maximum atomic E-state index is 9.95. The lowest BCUT2D eigenvalue weighted by molar-refractivity contribution is 0.247. The maximum absolute atomic E-state index is 9.95. The molecule has 0 saturated heterocycles. The predicted molar refractivity (Wildman–Crippen MR) is 216 cm³/mol. The average molecular weight is 675 g/mol. The van der Waals surface area contributed by atoms with Crippen LogP contribution in [0.25, 0.3) is 77.5 Å². The molecule has 0 aliphatic heterocycles. The minimum absolute atomic E-state index is 0.164. The van der Waals surface area contributed by atoms with Gasteiger partial charge in [-0.2, -0.15) is 0 Å². The lowest BCUT2D eigenvalue weighted by Crippen LogP contribution is -2.26. The van der Waals surface area contributed by atoms with Crippen molar-refractivity contribution in [3.05, 3.63) is 156 Å². The fraction of sp³-hybridized carbons (Fsp3) is 0.200. The fourth-order valence-electron chi connectivity index (χ4n) is 10.2. The summed E-state index contributed by atoms with van der Waals surface area (Å²) >= 11 is 0. The Balaban J connectivity index is 1.05. The van der Waals surface area contributed by atoms with Crippen LogP contribution in [-0.4, -0.2) is 23.4 Å². The van der Waals surface area contributed by atoms with Crippen LogP contribution < -0.4 is 0 Å². The summed E-state index contributed by atoms with van der Waals surface area (Å²) in [6.07, 6.45) is 3.17. The molecular formula is C50H42O2. The zero-order valence-corrected chi connectivity index (χ0v) is 29.8. The van der Waals surface area contributed by atoms with Crippen LogP contribution in [0.2, 0.25) is 0 Å². The summed E-state index contributed by atoms with van der Waals surface area (Å²) in [6, 6.07) is 50.1. The lowest BCUT2D eigenvalue weighted by Gasteiger charge is -2.32. The van der Waals surface area contributed by atoms with Crippen LogP contribution >= 0.6 is 0 Å². The summed E-state index contributed by atoms with van der Waals surface area (Å²) in [6.45, 7) is 5.08. The second-order valence-electron chi connectivity index (χ2n) is 15.6. The van der Waals surface area contributed by atoms with Crippen molar-refractivity contribution in [1.29, 1.82) is 0 Å². The molecule has 7 aromatic carbocycles. The molecule has 0 aromatic heterocycles. The van der Waals surface area contributed by atoms with E-state index in [2.05, 4.69) is 147 Å². The van der Waals surface area contributed by atoms with Crippen LogP contribution in [0.15, 0.2) is 133 Å². The highest BCUT2D eigenvalue weighted by Crippen LogP contribution is 2.56. The van der Waals surface area contributed by atoms with Crippen molar-refractivity contribution < 1.29 is 10.2 Å². The van der Waals surface area contributed by atoms with Crippen LogP contribution in [0.5, 0.6) is 0 Å². The largest absolute Gasteiger partial charge is 0.396 e. The molecule has 0 heterocycles. The number of benzene rings is 7. The Morgan fingerprint density at radius 2 is 0.865 bits per heavy atom. The van der Waals surface area contributed by atoms with Gasteiger partial charge in [-0.15, -0.1) is 0 Å². The molecule has 0 radical (unpaired) electrons. The molecule has 0 atom stereocenters. The van der Waals surface area contributed by atoms with E-state index in [1.165, 1.54) is 99.8 Å². The van der Waals surface area contributed by atoms with Crippen molar-refractivity contribution in [3.63, 3.8) is 0 Å². The summed E-state index contributed by atoms with van der Waals surface area (Å²) in [4.78, 5) is 0. The quantitative estimate of drug-likeness (QED) is 0.168. The Hall–Kier alpha value is -5.28. The number of hydrogen-bond acceptors (Lipinski definition) is 2. The Morgan fingerprint density at radius 3 is 1.52 bits per heavy atom. The van der Waals surface area contributed by atoms with Gasteiger partial charge in [0, 0.05) is 24.0 Å². The molecule has 2 nitrogen and oxygen atoms in total. The van der Waals surface area contributed by atoms with Crippen LogP contribution in [0.3, 0.4) is 0 Å². The smallest absolute Gasteiger partial charge is 0.0431 e. The summed E-state index contributed by atoms with van der Waals surface area (Å²) in [7, 11) is 0. The average Bonchev–Trinajstić information content (AvgIpc) is 3.75. The molecule has 2 N–H and O–H groups in total. The number of aliphatic hydroxyl groups excluding tert-OH is 2. The highest BCUT2D eigenvalue weighted by molar-refractivity contribution is 6.18. The van der Waals surface area contributed by atoms with E-state index in [0.29, 0.717) is 0 Å². The third-order valence-electron chi connectivity index (χ3n) is 12.7. The lowest BCUT2D eigenvalue weighted by atomic mass is 9.71. The van der Waals surface area contributed by atoms with Crippen molar-refractivity contribution in [2.24, 2.45) is 0 Å². The summed E-state index contributed by atoms with van der Waals surface area (Å²) in [5, 5.41) is 22.6. The van der Waals surface area contributed by atoms with Gasteiger partial charge in [0.15, 0.2) is 0 Å². The number of hydrogen-bond donors (Lipinski definition) is 2. The summed E-state index contributed by atoms with van der Waals surface area (Å²) in [5.74, 6) is 0. The van der Waals surface area contributed by atoms with Crippen molar-refractivity contribution in [2.75, 3.05) is 13.2 Å². The molecule has 0 saturated carbocycles. The molecule has 0 amide bonds. The molecule has 0 bridgehead atoms. The predicted octanol–water partition coefficient (Wildman–Crippen LogP) is 11.9. The topological polar surface area (TPSA) is 40.5 Å². The monoisotopic (exact) mass is 674 g/mol. The molecule has 0 fully saturated rings. The SMILES string of the molecule is CC1(C)c2cc(-c3ccc4c(c3)C(CCCO)(CCCO)c3ccccc3-4)ccc2-c2ccc(-c3ccc4c5c(cccc35)-c3ccccc3-4)cc21. The number of fused-ring (bicyclic) bond motifs is 9. The standard InChI is InChI=1S/C50H42O2/c1-49(2)45-28-31(32-17-20-40-37-12-5-6-15-44(37)50(24-8-26-51,25-9-27-52)47(40)29-32)16-19-38(45)39-21-18-33(30-46(39)49)34-22-23-43-36-11-4-3-10-35(36)42-14-7-13-41(34)48(42)43/h3-7,10-23,28-30,51-52H,8-9,24-27H2,1-2H3. The van der Waals surface area contributed by atoms with Crippen molar-refractivity contribution in [2.45, 2.75) is 50.4 Å². The van der Waals surface area contributed by atoms with Crippen LogP contribution in [-0.2, 0) is 10.8 Å². The first-order valence-electron chi connectivity index (χ1n) is 18.9. The van der Waals surface area contributed by atoms with Gasteiger partial charge >= 0.3 is 0 Å². The van der Waals surface area contributed by atoms with Gasteiger partial charge in [0.1, 0.15) is 0 Å². The molecule has 10 rings (SSSR count). The zero-order valence-electron chi connectivity index (χ0n) is 29.8. The highest BCUT2D eigenvalue weighted by atomic mass is 16.3. The van der Waals surface area contributed by atoms with Gasteiger partial charge in [-0.05, 0) is 144 Å². The fourth-order valence-corrected chi connectivity index (χ4v) is 10.2. The highest BCUT2D eigenvalue weighted by Gasteiger charge is 2.42. The maximum Gasteiger partial charge on any atom is 0.0431 e. The molecule has 52 heavy (non-hydrogen) atoms. The van der Waals surface area contributed by atoms with E-state index in [4.69, 9.17) is 0 Å². The van der Waals surface area contributed by atoms with E-state index in [-0.39, 0.29) is 24.0 Å². The van der Waals surface area contributed by atoms with E-state index >= 15 is 0 Å². The van der Waals surface area contributed by atoms with Gasteiger partial charge in [0.05, 0.1) is 0 Å². The van der Waals surface area contributed by atoms with E-state index < -0.39 is 0 Å². The van der Waals surface area contributed by atoms with Crippen LogP contribution in [0.1, 0.15) is 61.8 Å². The van der Waals surface area contributed by atoms with E-state index in [9.17, 15) is 10.2 Å². The van der Waals surface area contributed by atoms with Gasteiger partial charge < -0.3 is 10.2 Å². The first kappa shape index (κ1) is 31.5. The van der Waals surface area contributed by atoms with Gasteiger partial charge in [-0.1, -0.05) is 129 Å². The molecule has 254 valence electrons. The van der Waals surface area contributed by atoms with Crippen LogP contribution in [0.4, 0.5) is 0 Å². The third-order valence-corrected chi connectivity index (χ3v) is 12.7. The third kappa shape index (κ3) is 4.32. The van der Waals surface area contributed by atoms with Crippen LogP contribution in [0, 0.1) is 0 Å². The van der Waals surface area contributed by atoms with Crippen molar-refractivity contribution in [3.8, 4) is 66.8 Å². The second kappa shape index (κ2) is 11.6. The molecule has 3 aliphatic carbocycles. The molecular weight excluding hydrogens is 633 g/mol. The van der Waals surface area contributed by atoms with E-state index in [1.807, 2.05) is 0 Å². The molecule has 3 aliphatic rings. The number of rotatable bonds is 8. The van der Waals surface area contributed by atoms with Gasteiger partial charge in [0.2, 0.25) is 0 Å². The second-order valence-corrected chi connectivity index (χ2v) is 15.6. The van der Waals surface area contributed by atoms with E-state index in [1.54, 1.807) is 0 Å². The van der Waals surface area contributed by atoms with Gasteiger partial charge in [0.25, 0.3) is 0 Å². The molecule has 2 heteroatoms. The van der Waals surface area contributed by atoms with Gasteiger partial charge in [-0.25, -0.2) is 0 Å². The minimum Gasteiger partial charge on any atom is -0.396 e. The Labute approximate surface area is 306 Å². The Kier molecular flexibility index (Phi) is 7.03. The summed E-state index contributed by atoms with van der Waals surface area (Å²) < 4.78 is 0. The zero-order chi connectivity index (χ0) is 35.2.